The minimum atomic E-state index is 0.501. The molecule has 1 aliphatic rings. The number of hydrogen-bond acceptors (Lipinski definition) is 4. The first-order valence-corrected chi connectivity index (χ1v) is 7.48. The lowest BCUT2D eigenvalue weighted by Gasteiger charge is -2.32. The Morgan fingerprint density at radius 2 is 1.89 bits per heavy atom. The fourth-order valence-electron chi connectivity index (χ4n) is 2.52. The van der Waals surface area contributed by atoms with Crippen LogP contribution in [-0.4, -0.2) is 40.8 Å². The normalized spacial score (nSPS) is 17.7. The standard InChI is InChI=1S/C14H23ClN4/c1-4-7-19-8-5-12(6-9-19)16-14-11(3)10(2)13(15)17-18-14/h12H,4-9H2,1-3H3,(H,16,18). The molecule has 5 heteroatoms. The van der Waals surface area contributed by atoms with E-state index in [0.717, 1.165) is 16.9 Å². The molecule has 19 heavy (non-hydrogen) atoms. The number of piperidine rings is 1. The molecule has 0 aromatic carbocycles. The summed E-state index contributed by atoms with van der Waals surface area (Å²) in [5, 5.41) is 12.2. The Morgan fingerprint density at radius 3 is 2.53 bits per heavy atom. The van der Waals surface area contributed by atoms with Crippen LogP contribution >= 0.6 is 11.6 Å². The number of aromatic nitrogens is 2. The van der Waals surface area contributed by atoms with Gasteiger partial charge < -0.3 is 10.2 Å². The highest BCUT2D eigenvalue weighted by Gasteiger charge is 2.20. The van der Waals surface area contributed by atoms with Crippen LogP contribution in [0.4, 0.5) is 5.82 Å². The van der Waals surface area contributed by atoms with E-state index in [0.29, 0.717) is 11.2 Å². The van der Waals surface area contributed by atoms with E-state index in [4.69, 9.17) is 11.6 Å². The van der Waals surface area contributed by atoms with Crippen molar-refractivity contribution in [2.24, 2.45) is 0 Å². The highest BCUT2D eigenvalue weighted by molar-refractivity contribution is 6.30. The number of halogens is 1. The summed E-state index contributed by atoms with van der Waals surface area (Å²) in [7, 11) is 0. The molecule has 1 fully saturated rings. The molecular formula is C14H23ClN4. The predicted octanol–water partition coefficient (Wildman–Crippen LogP) is 3.03. The monoisotopic (exact) mass is 282 g/mol. The van der Waals surface area contributed by atoms with Gasteiger partial charge in [0.05, 0.1) is 0 Å². The number of rotatable bonds is 4. The molecule has 0 spiro atoms. The van der Waals surface area contributed by atoms with E-state index < -0.39 is 0 Å². The molecule has 0 aliphatic carbocycles. The molecule has 4 nitrogen and oxygen atoms in total. The van der Waals surface area contributed by atoms with Gasteiger partial charge in [-0.2, -0.15) is 0 Å². The summed E-state index contributed by atoms with van der Waals surface area (Å²) in [6.07, 6.45) is 3.57. The third kappa shape index (κ3) is 3.57. The first-order valence-electron chi connectivity index (χ1n) is 7.10. The van der Waals surface area contributed by atoms with Crippen LogP contribution < -0.4 is 5.32 Å². The lowest BCUT2D eigenvalue weighted by Crippen LogP contribution is -2.39. The largest absolute Gasteiger partial charge is 0.366 e. The zero-order valence-electron chi connectivity index (χ0n) is 12.0. The molecule has 0 atom stereocenters. The SMILES string of the molecule is CCCN1CCC(Nc2nnc(Cl)c(C)c2C)CC1. The van der Waals surface area contributed by atoms with E-state index in [1.165, 1.54) is 38.9 Å². The van der Waals surface area contributed by atoms with Gasteiger partial charge in [-0.3, -0.25) is 0 Å². The molecule has 0 saturated carbocycles. The van der Waals surface area contributed by atoms with Crippen molar-refractivity contribution in [2.75, 3.05) is 25.0 Å². The van der Waals surface area contributed by atoms with Crippen LogP contribution in [-0.2, 0) is 0 Å². The molecule has 0 bridgehead atoms. The average molecular weight is 283 g/mol. The van der Waals surface area contributed by atoms with Gasteiger partial charge in [0, 0.05) is 19.1 Å². The molecule has 2 heterocycles. The summed E-state index contributed by atoms with van der Waals surface area (Å²) in [6.45, 7) is 9.83. The summed E-state index contributed by atoms with van der Waals surface area (Å²) in [4.78, 5) is 2.53. The Morgan fingerprint density at radius 1 is 1.21 bits per heavy atom. The number of anilines is 1. The zero-order chi connectivity index (χ0) is 13.8. The van der Waals surface area contributed by atoms with Crippen molar-refractivity contribution in [3.63, 3.8) is 0 Å². The van der Waals surface area contributed by atoms with Crippen LogP contribution in [0.2, 0.25) is 5.15 Å². The molecule has 1 N–H and O–H groups in total. The summed E-state index contributed by atoms with van der Waals surface area (Å²) in [5.74, 6) is 0.885. The molecule has 1 saturated heterocycles. The van der Waals surface area contributed by atoms with Gasteiger partial charge in [-0.15, -0.1) is 10.2 Å². The van der Waals surface area contributed by atoms with Gasteiger partial charge in [-0.25, -0.2) is 0 Å². The van der Waals surface area contributed by atoms with Crippen molar-refractivity contribution in [1.82, 2.24) is 15.1 Å². The highest BCUT2D eigenvalue weighted by atomic mass is 35.5. The Hall–Kier alpha value is -0.870. The Labute approximate surface area is 120 Å². The molecular weight excluding hydrogens is 260 g/mol. The molecule has 2 rings (SSSR count). The van der Waals surface area contributed by atoms with Crippen molar-refractivity contribution in [1.29, 1.82) is 0 Å². The van der Waals surface area contributed by atoms with Crippen molar-refractivity contribution in [3.8, 4) is 0 Å². The molecule has 106 valence electrons. The third-order valence-corrected chi connectivity index (χ3v) is 4.29. The molecule has 1 aromatic rings. The quantitative estimate of drug-likeness (QED) is 0.922. The Balaban J connectivity index is 1.94. The summed E-state index contributed by atoms with van der Waals surface area (Å²) in [5.41, 5.74) is 2.12. The van der Waals surface area contributed by atoms with Gasteiger partial charge in [0.1, 0.15) is 0 Å². The van der Waals surface area contributed by atoms with Crippen molar-refractivity contribution >= 4 is 17.4 Å². The minimum Gasteiger partial charge on any atom is -0.366 e. The number of nitrogens with one attached hydrogen (secondary N) is 1. The van der Waals surface area contributed by atoms with E-state index in [-0.39, 0.29) is 0 Å². The van der Waals surface area contributed by atoms with Gasteiger partial charge in [-0.05, 0) is 50.8 Å². The van der Waals surface area contributed by atoms with Gasteiger partial charge in [0.25, 0.3) is 0 Å². The lowest BCUT2D eigenvalue weighted by atomic mass is 10.0. The molecule has 1 aromatic heterocycles. The Bertz CT molecular complexity index is 428. The van der Waals surface area contributed by atoms with Crippen molar-refractivity contribution in [3.05, 3.63) is 16.3 Å². The van der Waals surface area contributed by atoms with Crippen LogP contribution in [0.5, 0.6) is 0 Å². The van der Waals surface area contributed by atoms with E-state index >= 15 is 0 Å². The summed E-state index contributed by atoms with van der Waals surface area (Å²) in [6, 6.07) is 0.502. The fraction of sp³-hybridized carbons (Fsp3) is 0.714. The second-order valence-corrected chi connectivity index (χ2v) is 5.71. The molecule has 0 radical (unpaired) electrons. The maximum atomic E-state index is 5.97. The summed E-state index contributed by atoms with van der Waals surface area (Å²) >= 11 is 5.97. The number of nitrogens with zero attached hydrogens (tertiary/aromatic N) is 3. The molecule has 0 amide bonds. The number of likely N-dealkylation sites (tertiary alicyclic amines) is 1. The smallest absolute Gasteiger partial charge is 0.155 e. The van der Waals surface area contributed by atoms with Crippen LogP contribution in [0.25, 0.3) is 0 Å². The second-order valence-electron chi connectivity index (χ2n) is 5.35. The highest BCUT2D eigenvalue weighted by Crippen LogP contribution is 2.23. The lowest BCUT2D eigenvalue weighted by molar-refractivity contribution is 0.219. The fourth-order valence-corrected chi connectivity index (χ4v) is 2.70. The van der Waals surface area contributed by atoms with E-state index in [1.54, 1.807) is 0 Å². The zero-order valence-corrected chi connectivity index (χ0v) is 12.8. The van der Waals surface area contributed by atoms with E-state index in [1.807, 2.05) is 13.8 Å². The maximum absolute atomic E-state index is 5.97. The van der Waals surface area contributed by atoms with Crippen LogP contribution in [0, 0.1) is 13.8 Å². The summed E-state index contributed by atoms with van der Waals surface area (Å²) < 4.78 is 0. The number of hydrogen-bond donors (Lipinski definition) is 1. The first kappa shape index (κ1) is 14.5. The average Bonchev–Trinajstić information content (AvgIpc) is 2.42. The van der Waals surface area contributed by atoms with Gasteiger partial charge in [0.15, 0.2) is 11.0 Å². The van der Waals surface area contributed by atoms with Crippen LogP contribution in [0.3, 0.4) is 0 Å². The minimum absolute atomic E-state index is 0.501. The second kappa shape index (κ2) is 6.53. The topological polar surface area (TPSA) is 41.0 Å². The molecule has 1 aliphatic heterocycles. The first-order chi connectivity index (χ1) is 9.11. The van der Waals surface area contributed by atoms with Gasteiger partial charge >= 0.3 is 0 Å². The van der Waals surface area contributed by atoms with Gasteiger partial charge in [-0.1, -0.05) is 18.5 Å². The van der Waals surface area contributed by atoms with Crippen molar-refractivity contribution in [2.45, 2.75) is 46.1 Å². The molecule has 0 unspecified atom stereocenters. The Kier molecular flexibility index (Phi) is 4.99. The van der Waals surface area contributed by atoms with Gasteiger partial charge in [0.2, 0.25) is 0 Å². The maximum Gasteiger partial charge on any atom is 0.155 e. The van der Waals surface area contributed by atoms with Crippen molar-refractivity contribution < 1.29 is 0 Å². The van der Waals surface area contributed by atoms with Crippen LogP contribution in [0.1, 0.15) is 37.3 Å². The van der Waals surface area contributed by atoms with E-state index in [9.17, 15) is 0 Å². The predicted molar refractivity (Wildman–Crippen MR) is 79.9 cm³/mol. The van der Waals surface area contributed by atoms with E-state index in [2.05, 4.69) is 27.3 Å². The van der Waals surface area contributed by atoms with Crippen LogP contribution in [0.15, 0.2) is 0 Å². The third-order valence-electron chi connectivity index (χ3n) is 3.93.